The molecule has 2 heterocycles. The fourth-order valence-electron chi connectivity index (χ4n) is 3.10. The lowest BCUT2D eigenvalue weighted by atomic mass is 10.1. The molecular weight excluding hydrogens is 334 g/mol. The number of aryl methyl sites for hydroxylation is 3. The summed E-state index contributed by atoms with van der Waals surface area (Å²) in [4.78, 5) is 14.4. The predicted octanol–water partition coefficient (Wildman–Crippen LogP) is 2.75. The Morgan fingerprint density at radius 1 is 1.27 bits per heavy atom. The lowest BCUT2D eigenvalue weighted by molar-refractivity contribution is -0.147. The van der Waals surface area contributed by atoms with Gasteiger partial charge in [-0.3, -0.25) is 4.79 Å². The van der Waals surface area contributed by atoms with Crippen LogP contribution in [0, 0.1) is 20.8 Å². The second-order valence-electron chi connectivity index (χ2n) is 6.76. The van der Waals surface area contributed by atoms with E-state index in [0.717, 1.165) is 11.3 Å². The van der Waals surface area contributed by atoms with Gasteiger partial charge in [-0.05, 0) is 32.4 Å². The zero-order chi connectivity index (χ0) is 18.7. The molecule has 7 nitrogen and oxygen atoms in total. The third-order valence-corrected chi connectivity index (χ3v) is 4.33. The summed E-state index contributed by atoms with van der Waals surface area (Å²) in [5.74, 6) is 1.75. The van der Waals surface area contributed by atoms with Crippen LogP contribution in [0.25, 0.3) is 0 Å². The second-order valence-corrected chi connectivity index (χ2v) is 6.76. The Labute approximate surface area is 153 Å². The maximum Gasteiger partial charge on any atom is 0.247 e. The Balaban J connectivity index is 1.55. The largest absolute Gasteiger partial charge is 0.493 e. The molecule has 1 saturated heterocycles. The van der Waals surface area contributed by atoms with Gasteiger partial charge in [0.15, 0.2) is 6.10 Å². The molecular formula is C19H25N3O4. The van der Waals surface area contributed by atoms with Crippen molar-refractivity contribution in [3.8, 4) is 5.75 Å². The number of hydrogen-bond acceptors (Lipinski definition) is 6. The lowest BCUT2D eigenvalue weighted by Gasteiger charge is -2.35. The van der Waals surface area contributed by atoms with Crippen molar-refractivity contribution in [2.24, 2.45) is 0 Å². The van der Waals surface area contributed by atoms with Crippen LogP contribution in [0.3, 0.4) is 0 Å². The molecule has 0 aliphatic carbocycles. The average molecular weight is 359 g/mol. The van der Waals surface area contributed by atoms with Crippen molar-refractivity contribution in [3.63, 3.8) is 0 Å². The molecule has 2 aromatic rings. The number of morpholine rings is 1. The number of nitrogens with zero attached hydrogens (tertiary/aromatic N) is 3. The van der Waals surface area contributed by atoms with Crippen LogP contribution < -0.4 is 4.74 Å². The van der Waals surface area contributed by atoms with Crippen LogP contribution in [0.5, 0.6) is 5.75 Å². The topological polar surface area (TPSA) is 77.7 Å². The van der Waals surface area contributed by atoms with Crippen molar-refractivity contribution in [2.45, 2.75) is 46.3 Å². The van der Waals surface area contributed by atoms with Crippen molar-refractivity contribution in [3.05, 3.63) is 41.1 Å². The molecule has 7 heteroatoms. The fourth-order valence-corrected chi connectivity index (χ4v) is 3.10. The van der Waals surface area contributed by atoms with Gasteiger partial charge in [-0.25, -0.2) is 0 Å². The Kier molecular flexibility index (Phi) is 5.56. The molecule has 0 saturated carbocycles. The number of carbonyl (C=O) groups is 1. The van der Waals surface area contributed by atoms with Crippen LogP contribution in [0.1, 0.15) is 42.4 Å². The highest BCUT2D eigenvalue weighted by molar-refractivity contribution is 5.76. The molecule has 0 unspecified atom stereocenters. The maximum absolute atomic E-state index is 12.6. The van der Waals surface area contributed by atoms with Crippen molar-refractivity contribution in [1.29, 1.82) is 0 Å². The first kappa shape index (κ1) is 18.4. The minimum absolute atomic E-state index is 0.0335. The van der Waals surface area contributed by atoms with Crippen LogP contribution >= 0.6 is 0 Å². The molecule has 2 atom stereocenters. The highest BCUT2D eigenvalue weighted by atomic mass is 16.5. The summed E-state index contributed by atoms with van der Waals surface area (Å²) in [7, 11) is 0. The van der Waals surface area contributed by atoms with Crippen LogP contribution in [0.15, 0.2) is 22.6 Å². The molecule has 0 spiro atoms. The molecule has 140 valence electrons. The van der Waals surface area contributed by atoms with Gasteiger partial charge in [0.2, 0.25) is 17.7 Å². The van der Waals surface area contributed by atoms with Gasteiger partial charge in [0.1, 0.15) is 5.75 Å². The quantitative estimate of drug-likeness (QED) is 0.817. The van der Waals surface area contributed by atoms with E-state index in [1.165, 1.54) is 5.56 Å². The van der Waals surface area contributed by atoms with Crippen LogP contribution in [-0.4, -0.2) is 46.8 Å². The number of amides is 1. The Bertz CT molecular complexity index is 774. The molecule has 1 aliphatic heterocycles. The van der Waals surface area contributed by atoms with E-state index in [-0.39, 0.29) is 18.1 Å². The summed E-state index contributed by atoms with van der Waals surface area (Å²) < 4.78 is 17.1. The minimum atomic E-state index is -0.385. The van der Waals surface area contributed by atoms with Crippen LogP contribution in [0.4, 0.5) is 0 Å². The van der Waals surface area contributed by atoms with Crippen molar-refractivity contribution in [1.82, 2.24) is 15.1 Å². The van der Waals surface area contributed by atoms with Gasteiger partial charge in [0, 0.05) is 13.5 Å². The monoisotopic (exact) mass is 359 g/mol. The Morgan fingerprint density at radius 2 is 2.08 bits per heavy atom. The first-order valence-electron chi connectivity index (χ1n) is 8.85. The lowest BCUT2D eigenvalue weighted by Crippen LogP contribution is -2.46. The summed E-state index contributed by atoms with van der Waals surface area (Å²) >= 11 is 0. The summed E-state index contributed by atoms with van der Waals surface area (Å²) in [6.45, 7) is 9.02. The zero-order valence-electron chi connectivity index (χ0n) is 15.7. The third-order valence-electron chi connectivity index (χ3n) is 4.33. The minimum Gasteiger partial charge on any atom is -0.493 e. The molecule has 3 rings (SSSR count). The van der Waals surface area contributed by atoms with E-state index >= 15 is 0 Å². The number of carbonyl (C=O) groups excluding carboxylic acids is 1. The standard InChI is InChI=1S/C19H25N3O4/c1-12-5-6-16(13(2)9-12)24-8-7-18(23)22-10-14(3)25-17(11-22)19-21-20-15(4)26-19/h5-6,9,14,17H,7-8,10-11H2,1-4H3/t14-,17-/m1/s1. The normalized spacial score (nSPS) is 20.2. The van der Waals surface area contributed by atoms with E-state index in [9.17, 15) is 4.79 Å². The first-order valence-corrected chi connectivity index (χ1v) is 8.85. The van der Waals surface area contributed by atoms with Crippen molar-refractivity contribution < 1.29 is 18.7 Å². The van der Waals surface area contributed by atoms with Gasteiger partial charge in [-0.1, -0.05) is 17.7 Å². The van der Waals surface area contributed by atoms with Crippen molar-refractivity contribution >= 4 is 5.91 Å². The van der Waals surface area contributed by atoms with Gasteiger partial charge in [-0.2, -0.15) is 0 Å². The maximum atomic E-state index is 12.6. The zero-order valence-corrected chi connectivity index (χ0v) is 15.7. The summed E-state index contributed by atoms with van der Waals surface area (Å²) in [5.41, 5.74) is 2.26. The Hall–Kier alpha value is -2.41. The van der Waals surface area contributed by atoms with Gasteiger partial charge >= 0.3 is 0 Å². The van der Waals surface area contributed by atoms with Gasteiger partial charge in [-0.15, -0.1) is 10.2 Å². The Morgan fingerprint density at radius 3 is 2.77 bits per heavy atom. The third kappa shape index (κ3) is 4.40. The van der Waals surface area contributed by atoms with Crippen LogP contribution in [-0.2, 0) is 9.53 Å². The van der Waals surface area contributed by atoms with E-state index in [4.69, 9.17) is 13.9 Å². The molecule has 1 aromatic carbocycles. The van der Waals surface area contributed by atoms with Crippen LogP contribution in [0.2, 0.25) is 0 Å². The molecule has 26 heavy (non-hydrogen) atoms. The molecule has 0 bridgehead atoms. The second kappa shape index (κ2) is 7.86. The van der Waals surface area contributed by atoms with E-state index in [1.54, 1.807) is 11.8 Å². The van der Waals surface area contributed by atoms with E-state index in [0.29, 0.717) is 37.9 Å². The number of ether oxygens (including phenoxy) is 2. The SMILES string of the molecule is Cc1ccc(OCCC(=O)N2C[C@@H](C)O[C@@H](c3nnc(C)o3)C2)c(C)c1. The molecule has 1 aliphatic rings. The van der Waals surface area contributed by atoms with Gasteiger partial charge in [0.25, 0.3) is 0 Å². The molecule has 0 N–H and O–H groups in total. The summed E-state index contributed by atoms with van der Waals surface area (Å²) in [5, 5.41) is 7.85. The highest BCUT2D eigenvalue weighted by Crippen LogP contribution is 2.25. The average Bonchev–Trinajstić information content (AvgIpc) is 3.02. The summed E-state index contributed by atoms with van der Waals surface area (Å²) in [6.07, 6.45) is -0.162. The fraction of sp³-hybridized carbons (Fsp3) is 0.526. The van der Waals surface area contributed by atoms with Gasteiger partial charge < -0.3 is 18.8 Å². The van der Waals surface area contributed by atoms with E-state index < -0.39 is 0 Å². The number of aromatic nitrogens is 2. The van der Waals surface area contributed by atoms with Gasteiger partial charge in [0.05, 0.1) is 25.7 Å². The number of hydrogen-bond donors (Lipinski definition) is 0. The van der Waals surface area contributed by atoms with Crippen molar-refractivity contribution in [2.75, 3.05) is 19.7 Å². The number of rotatable bonds is 5. The molecule has 0 radical (unpaired) electrons. The first-order chi connectivity index (χ1) is 12.4. The molecule has 1 fully saturated rings. The number of benzene rings is 1. The smallest absolute Gasteiger partial charge is 0.247 e. The van der Waals surface area contributed by atoms with E-state index in [1.807, 2.05) is 32.9 Å². The highest BCUT2D eigenvalue weighted by Gasteiger charge is 2.32. The summed E-state index contributed by atoms with van der Waals surface area (Å²) in [6, 6.07) is 6.02. The predicted molar refractivity (Wildman–Crippen MR) is 94.9 cm³/mol. The molecule has 1 amide bonds. The molecule has 1 aromatic heterocycles. The van der Waals surface area contributed by atoms with E-state index in [2.05, 4.69) is 16.3 Å².